The van der Waals surface area contributed by atoms with Gasteiger partial charge in [-0.1, -0.05) is 42.5 Å². The van der Waals surface area contributed by atoms with E-state index in [0.29, 0.717) is 34.7 Å². The molecule has 7 heteroatoms. The van der Waals surface area contributed by atoms with Crippen LogP contribution in [-0.4, -0.2) is 55.5 Å². The minimum absolute atomic E-state index is 0.00835. The quantitative estimate of drug-likeness (QED) is 0.311. The fourth-order valence-corrected chi connectivity index (χ4v) is 7.88. The molecule has 0 amide bonds. The number of methoxy groups -OCH3 is 3. The second-order valence-electron chi connectivity index (χ2n) is 11.2. The normalized spacial score (nSPS) is 24.7. The van der Waals surface area contributed by atoms with Crippen LogP contribution in [0.5, 0.6) is 23.0 Å². The zero-order chi connectivity index (χ0) is 28.5. The molecule has 2 aliphatic heterocycles. The van der Waals surface area contributed by atoms with Crippen molar-refractivity contribution in [2.75, 3.05) is 27.9 Å². The summed E-state index contributed by atoms with van der Waals surface area (Å²) in [5, 5.41) is 12.5. The lowest BCUT2D eigenvalue weighted by molar-refractivity contribution is 0.0667. The van der Waals surface area contributed by atoms with Crippen LogP contribution in [0.3, 0.4) is 0 Å². The van der Waals surface area contributed by atoms with E-state index < -0.39 is 11.0 Å². The highest BCUT2D eigenvalue weighted by atomic mass is 16.5. The van der Waals surface area contributed by atoms with Gasteiger partial charge in [-0.3, -0.25) is 14.5 Å². The molecule has 1 N–H and O–H groups in total. The number of phenolic OH excluding ortho intramolecular Hbond substituents is 1. The number of hydrogen-bond donors (Lipinski definition) is 1. The minimum Gasteiger partial charge on any atom is -0.504 e. The Balaban J connectivity index is 1.52. The molecule has 1 aliphatic carbocycles. The number of phenols is 1. The highest BCUT2D eigenvalue weighted by Gasteiger charge is 2.69. The van der Waals surface area contributed by atoms with Crippen LogP contribution < -0.4 is 14.2 Å². The predicted molar refractivity (Wildman–Crippen MR) is 155 cm³/mol. The van der Waals surface area contributed by atoms with Gasteiger partial charge in [0, 0.05) is 17.7 Å². The molecular formula is C34H31NO6. The third-order valence-electron chi connectivity index (χ3n) is 9.57. The maximum absolute atomic E-state index is 15.2. The lowest BCUT2D eigenvalue weighted by Crippen LogP contribution is -2.47. The van der Waals surface area contributed by atoms with E-state index in [4.69, 9.17) is 14.2 Å². The van der Waals surface area contributed by atoms with Gasteiger partial charge in [-0.05, 0) is 72.0 Å². The van der Waals surface area contributed by atoms with Gasteiger partial charge in [0.15, 0.2) is 23.1 Å². The van der Waals surface area contributed by atoms with E-state index in [9.17, 15) is 9.90 Å². The van der Waals surface area contributed by atoms with Crippen LogP contribution >= 0.6 is 0 Å². The molecule has 2 fully saturated rings. The summed E-state index contributed by atoms with van der Waals surface area (Å²) in [4.78, 5) is 32.1. The number of hydrogen-bond acceptors (Lipinski definition) is 7. The second kappa shape index (κ2) is 9.08. The molecule has 3 unspecified atom stereocenters. The van der Waals surface area contributed by atoms with Crippen molar-refractivity contribution < 1.29 is 28.9 Å². The smallest absolute Gasteiger partial charge is 0.188 e. The lowest BCUT2D eigenvalue weighted by atomic mass is 9.65. The third-order valence-corrected chi connectivity index (χ3v) is 9.57. The van der Waals surface area contributed by atoms with E-state index in [1.807, 2.05) is 30.3 Å². The molecule has 4 aromatic rings. The average Bonchev–Trinajstić information content (AvgIpc) is 3.68. The Morgan fingerprint density at radius 1 is 0.927 bits per heavy atom. The third kappa shape index (κ3) is 3.24. The molecule has 41 heavy (non-hydrogen) atoms. The average molecular weight is 550 g/mol. The van der Waals surface area contributed by atoms with Crippen LogP contribution in [0.1, 0.15) is 51.1 Å². The van der Waals surface area contributed by atoms with E-state index in [-0.39, 0.29) is 35.5 Å². The number of benzene rings is 4. The topological polar surface area (TPSA) is 85.3 Å². The van der Waals surface area contributed by atoms with Crippen molar-refractivity contribution in [3.05, 3.63) is 95.1 Å². The number of ketones is 2. The van der Waals surface area contributed by atoms with Gasteiger partial charge in [0.25, 0.3) is 0 Å². The second-order valence-corrected chi connectivity index (χ2v) is 11.2. The Labute approximate surface area is 238 Å². The van der Waals surface area contributed by atoms with Gasteiger partial charge in [-0.15, -0.1) is 0 Å². The standard InChI is InChI=1S/C34H31NO6/c1-39-22-13-14-23(27(18-22)40-2)31(37)33(21-12-15-26(36)28(17-21)41-3)19-34(35-16-6-11-29(33)35)25-10-5-8-20-7-4-9-24(30(20)25)32(34)38/h4-5,7-10,12-15,17-18,29,36H,6,11,16,19H2,1-3H3. The first-order valence-electron chi connectivity index (χ1n) is 13.9. The molecule has 4 aromatic carbocycles. The number of nitrogens with zero attached hydrogens (tertiary/aromatic N) is 1. The molecule has 3 atom stereocenters. The number of aromatic hydroxyl groups is 1. The van der Waals surface area contributed by atoms with Gasteiger partial charge in [0.2, 0.25) is 0 Å². The molecular weight excluding hydrogens is 518 g/mol. The summed E-state index contributed by atoms with van der Waals surface area (Å²) in [6, 6.07) is 22.1. The number of rotatable bonds is 6. The van der Waals surface area contributed by atoms with E-state index in [1.165, 1.54) is 14.2 Å². The number of fused-ring (bicyclic) bond motifs is 3. The molecule has 0 aromatic heterocycles. The van der Waals surface area contributed by atoms with Crippen molar-refractivity contribution in [2.45, 2.75) is 36.3 Å². The molecule has 0 saturated carbocycles. The van der Waals surface area contributed by atoms with Crippen LogP contribution in [0.15, 0.2) is 72.8 Å². The van der Waals surface area contributed by atoms with Gasteiger partial charge in [0.1, 0.15) is 17.0 Å². The molecule has 208 valence electrons. The number of carbonyl (C=O) groups is 2. The van der Waals surface area contributed by atoms with Crippen molar-refractivity contribution in [1.82, 2.24) is 4.90 Å². The van der Waals surface area contributed by atoms with Gasteiger partial charge in [0.05, 0.1) is 32.3 Å². The maximum atomic E-state index is 15.2. The SMILES string of the molecule is COc1ccc(C(=O)C2(c3ccc(O)c(OC)c3)CC3(C(=O)c4cccc5cccc3c45)N3CCCC32)c(OC)c1. The zero-order valence-corrected chi connectivity index (χ0v) is 23.3. The van der Waals surface area contributed by atoms with Crippen LogP contribution in [0.2, 0.25) is 0 Å². The summed E-state index contributed by atoms with van der Waals surface area (Å²) in [7, 11) is 4.61. The fourth-order valence-electron chi connectivity index (χ4n) is 7.88. The van der Waals surface area contributed by atoms with Crippen molar-refractivity contribution >= 4 is 22.3 Å². The van der Waals surface area contributed by atoms with E-state index in [0.717, 1.165) is 29.2 Å². The van der Waals surface area contributed by atoms with Crippen molar-refractivity contribution in [2.24, 2.45) is 0 Å². The Bertz CT molecular complexity index is 1740. The molecule has 3 aliphatic rings. The molecule has 0 bridgehead atoms. The Morgan fingerprint density at radius 3 is 2.46 bits per heavy atom. The summed E-state index contributed by atoms with van der Waals surface area (Å²) in [6.07, 6.45) is 1.87. The van der Waals surface area contributed by atoms with Crippen LogP contribution in [-0.2, 0) is 11.0 Å². The van der Waals surface area contributed by atoms with Crippen LogP contribution in [0.4, 0.5) is 0 Å². The van der Waals surface area contributed by atoms with Gasteiger partial charge in [-0.2, -0.15) is 0 Å². The van der Waals surface area contributed by atoms with Crippen molar-refractivity contribution in [3.8, 4) is 23.0 Å². The molecule has 7 nitrogen and oxygen atoms in total. The van der Waals surface area contributed by atoms with Crippen LogP contribution in [0.25, 0.3) is 10.8 Å². The molecule has 7 rings (SSSR count). The van der Waals surface area contributed by atoms with Crippen molar-refractivity contribution in [3.63, 3.8) is 0 Å². The summed E-state index contributed by atoms with van der Waals surface area (Å²) in [5.74, 6) is 1.18. The highest BCUT2D eigenvalue weighted by Crippen LogP contribution is 2.62. The first-order valence-corrected chi connectivity index (χ1v) is 13.9. The molecule has 1 spiro atoms. The number of Topliss-reactive ketones (excluding diaryl/α,β-unsaturated/α-hetero) is 2. The molecule has 0 radical (unpaired) electrons. The summed E-state index contributed by atoms with van der Waals surface area (Å²) in [5.41, 5.74) is 0.677. The number of carbonyl (C=O) groups excluding carboxylic acids is 2. The predicted octanol–water partition coefficient (Wildman–Crippen LogP) is 5.65. The Morgan fingerprint density at radius 2 is 1.71 bits per heavy atom. The van der Waals surface area contributed by atoms with Gasteiger partial charge >= 0.3 is 0 Å². The monoisotopic (exact) mass is 549 g/mol. The van der Waals surface area contributed by atoms with Crippen molar-refractivity contribution in [1.29, 1.82) is 0 Å². The molecule has 2 saturated heterocycles. The summed E-state index contributed by atoms with van der Waals surface area (Å²) >= 11 is 0. The lowest BCUT2D eigenvalue weighted by Gasteiger charge is -2.35. The number of ether oxygens (including phenoxy) is 3. The Kier molecular flexibility index (Phi) is 5.67. The molecule has 2 heterocycles. The van der Waals surface area contributed by atoms with Crippen LogP contribution in [0, 0.1) is 0 Å². The maximum Gasteiger partial charge on any atom is 0.188 e. The summed E-state index contributed by atoms with van der Waals surface area (Å²) < 4.78 is 16.6. The first-order chi connectivity index (χ1) is 19.9. The largest absolute Gasteiger partial charge is 0.504 e. The Hall–Kier alpha value is -4.36. The summed E-state index contributed by atoms with van der Waals surface area (Å²) in [6.45, 7) is 0.699. The van der Waals surface area contributed by atoms with E-state index in [2.05, 4.69) is 11.0 Å². The minimum atomic E-state index is -1.13. The highest BCUT2D eigenvalue weighted by molar-refractivity contribution is 6.21. The fraction of sp³-hybridized carbons (Fsp3) is 0.294. The zero-order valence-electron chi connectivity index (χ0n) is 23.3. The van der Waals surface area contributed by atoms with Gasteiger partial charge < -0.3 is 19.3 Å². The van der Waals surface area contributed by atoms with E-state index in [1.54, 1.807) is 43.5 Å². The van der Waals surface area contributed by atoms with E-state index >= 15 is 4.79 Å². The van der Waals surface area contributed by atoms with Gasteiger partial charge in [-0.25, -0.2) is 0 Å². The first kappa shape index (κ1) is 25.6.